The van der Waals surface area contributed by atoms with Crippen LogP contribution < -0.4 is 4.72 Å². The Balaban J connectivity index is 1.83. The average Bonchev–Trinajstić information content (AvgIpc) is 2.37. The van der Waals surface area contributed by atoms with Gasteiger partial charge in [-0.3, -0.25) is 9.69 Å². The van der Waals surface area contributed by atoms with E-state index in [-0.39, 0.29) is 11.9 Å². The van der Waals surface area contributed by atoms with Gasteiger partial charge in [0.1, 0.15) is 0 Å². The van der Waals surface area contributed by atoms with E-state index in [9.17, 15) is 13.2 Å². The van der Waals surface area contributed by atoms with Gasteiger partial charge in [-0.25, -0.2) is 13.1 Å². The molecule has 0 aromatic rings. The molecule has 0 bridgehead atoms. The van der Waals surface area contributed by atoms with Gasteiger partial charge in [-0.15, -0.1) is 0 Å². The standard InChI is InChI=1S/C14H27N3O3S/c1-12-5-3-8-17(9-12)14(18)11-16-7-4-6-13(10-16)15-21(2,19)20/h12-13,15H,3-11H2,1-2H3/t12-,13+/m0/s1. The van der Waals surface area contributed by atoms with Crippen LogP contribution in [0.2, 0.25) is 0 Å². The molecule has 2 saturated heterocycles. The first-order valence-corrected chi connectivity index (χ1v) is 9.70. The fourth-order valence-corrected chi connectivity index (χ4v) is 4.10. The number of nitrogens with zero attached hydrogens (tertiary/aromatic N) is 2. The maximum absolute atomic E-state index is 12.3. The molecule has 1 N–H and O–H groups in total. The van der Waals surface area contributed by atoms with Gasteiger partial charge in [-0.2, -0.15) is 0 Å². The smallest absolute Gasteiger partial charge is 0.236 e. The second kappa shape index (κ2) is 7.07. The van der Waals surface area contributed by atoms with E-state index in [0.29, 0.717) is 19.0 Å². The molecule has 7 heteroatoms. The number of rotatable bonds is 4. The molecule has 21 heavy (non-hydrogen) atoms. The van der Waals surface area contributed by atoms with Crippen molar-refractivity contribution in [3.8, 4) is 0 Å². The normalized spacial score (nSPS) is 28.6. The number of hydrogen-bond acceptors (Lipinski definition) is 4. The van der Waals surface area contributed by atoms with Gasteiger partial charge in [0.2, 0.25) is 15.9 Å². The van der Waals surface area contributed by atoms with Crippen molar-refractivity contribution in [1.29, 1.82) is 0 Å². The first-order chi connectivity index (χ1) is 9.83. The number of nitrogens with one attached hydrogen (secondary N) is 1. The molecule has 0 aromatic heterocycles. The summed E-state index contributed by atoms with van der Waals surface area (Å²) >= 11 is 0. The maximum Gasteiger partial charge on any atom is 0.236 e. The fraction of sp³-hybridized carbons (Fsp3) is 0.929. The van der Waals surface area contributed by atoms with Gasteiger partial charge in [-0.05, 0) is 38.1 Å². The molecule has 2 aliphatic heterocycles. The molecule has 1 amide bonds. The van der Waals surface area contributed by atoms with Crippen molar-refractivity contribution in [2.24, 2.45) is 5.92 Å². The van der Waals surface area contributed by atoms with E-state index >= 15 is 0 Å². The molecule has 2 heterocycles. The lowest BCUT2D eigenvalue weighted by molar-refractivity contribution is -0.134. The molecule has 0 saturated carbocycles. The van der Waals surface area contributed by atoms with Crippen molar-refractivity contribution in [2.75, 3.05) is 39.0 Å². The Labute approximate surface area is 127 Å². The predicted octanol–water partition coefficient (Wildman–Crippen LogP) is 0.259. The number of hydrogen-bond donors (Lipinski definition) is 1. The summed E-state index contributed by atoms with van der Waals surface area (Å²) in [5, 5.41) is 0. The summed E-state index contributed by atoms with van der Waals surface area (Å²) in [4.78, 5) is 16.4. The van der Waals surface area contributed by atoms with Crippen LogP contribution in [-0.2, 0) is 14.8 Å². The third-order valence-corrected chi connectivity index (χ3v) is 5.02. The van der Waals surface area contributed by atoms with Crippen LogP contribution in [-0.4, -0.2) is 69.1 Å². The minimum Gasteiger partial charge on any atom is -0.341 e. The monoisotopic (exact) mass is 317 g/mol. The van der Waals surface area contributed by atoms with Crippen LogP contribution in [0.1, 0.15) is 32.6 Å². The molecule has 6 nitrogen and oxygen atoms in total. The van der Waals surface area contributed by atoms with E-state index < -0.39 is 10.0 Å². The van der Waals surface area contributed by atoms with Crippen LogP contribution in [0.3, 0.4) is 0 Å². The molecule has 2 atom stereocenters. The number of likely N-dealkylation sites (tertiary alicyclic amines) is 2. The lowest BCUT2D eigenvalue weighted by Gasteiger charge is -2.36. The molecular weight excluding hydrogens is 290 g/mol. The summed E-state index contributed by atoms with van der Waals surface area (Å²) < 4.78 is 25.3. The highest BCUT2D eigenvalue weighted by atomic mass is 32.2. The third-order valence-electron chi connectivity index (χ3n) is 4.25. The van der Waals surface area contributed by atoms with E-state index in [1.54, 1.807) is 0 Å². The average molecular weight is 317 g/mol. The zero-order valence-electron chi connectivity index (χ0n) is 13.0. The fourth-order valence-electron chi connectivity index (χ4n) is 3.31. The molecule has 2 fully saturated rings. The minimum atomic E-state index is -3.18. The first kappa shape index (κ1) is 16.7. The number of piperidine rings is 2. The van der Waals surface area contributed by atoms with Gasteiger partial charge in [0.05, 0.1) is 12.8 Å². The lowest BCUT2D eigenvalue weighted by Crippen LogP contribution is -2.51. The summed E-state index contributed by atoms with van der Waals surface area (Å²) in [5.74, 6) is 0.769. The quantitative estimate of drug-likeness (QED) is 0.807. The molecular formula is C14H27N3O3S. The summed E-state index contributed by atoms with van der Waals surface area (Å²) in [6.45, 7) is 5.82. The van der Waals surface area contributed by atoms with Gasteiger partial charge in [-0.1, -0.05) is 6.92 Å². The molecule has 122 valence electrons. The number of sulfonamides is 1. The van der Waals surface area contributed by atoms with Crippen molar-refractivity contribution in [3.63, 3.8) is 0 Å². The summed E-state index contributed by atoms with van der Waals surface area (Å²) in [6, 6.07) is -0.0678. The highest BCUT2D eigenvalue weighted by molar-refractivity contribution is 7.88. The van der Waals surface area contributed by atoms with Crippen LogP contribution in [0.4, 0.5) is 0 Å². The number of amides is 1. The Kier molecular flexibility index (Phi) is 5.62. The largest absolute Gasteiger partial charge is 0.341 e. The predicted molar refractivity (Wildman–Crippen MR) is 82.4 cm³/mol. The number of carbonyl (C=O) groups excluding carboxylic acids is 1. The van der Waals surface area contributed by atoms with Crippen LogP contribution >= 0.6 is 0 Å². The highest BCUT2D eigenvalue weighted by Gasteiger charge is 2.26. The molecule has 2 rings (SSSR count). The van der Waals surface area contributed by atoms with Crippen LogP contribution in [0.15, 0.2) is 0 Å². The topological polar surface area (TPSA) is 69.7 Å². The molecule has 0 unspecified atom stereocenters. The summed E-state index contributed by atoms with van der Waals surface area (Å²) in [6.07, 6.45) is 5.25. The van der Waals surface area contributed by atoms with Gasteiger partial charge < -0.3 is 4.90 Å². The zero-order chi connectivity index (χ0) is 15.5. The van der Waals surface area contributed by atoms with E-state index in [2.05, 4.69) is 16.5 Å². The van der Waals surface area contributed by atoms with E-state index in [1.165, 1.54) is 12.7 Å². The second-order valence-corrected chi connectivity index (χ2v) is 8.33. The van der Waals surface area contributed by atoms with Crippen LogP contribution in [0.5, 0.6) is 0 Å². The Bertz CT molecular complexity index is 466. The SMILES string of the molecule is C[C@H]1CCCN(C(=O)CN2CCC[C@@H](NS(C)(=O)=O)C2)C1. The van der Waals surface area contributed by atoms with Crippen molar-refractivity contribution in [3.05, 3.63) is 0 Å². The van der Waals surface area contributed by atoms with Crippen LogP contribution in [0.25, 0.3) is 0 Å². The van der Waals surface area contributed by atoms with Gasteiger partial charge >= 0.3 is 0 Å². The summed E-state index contributed by atoms with van der Waals surface area (Å²) in [5.41, 5.74) is 0. The summed E-state index contributed by atoms with van der Waals surface area (Å²) in [7, 11) is -3.18. The number of carbonyl (C=O) groups is 1. The van der Waals surface area contributed by atoms with E-state index in [4.69, 9.17) is 0 Å². The van der Waals surface area contributed by atoms with Crippen molar-refractivity contribution in [1.82, 2.24) is 14.5 Å². The molecule has 0 aromatic carbocycles. The Hall–Kier alpha value is -0.660. The van der Waals surface area contributed by atoms with Gasteiger partial charge in [0.25, 0.3) is 0 Å². The third kappa shape index (κ3) is 5.56. The Morgan fingerprint density at radius 3 is 2.57 bits per heavy atom. The van der Waals surface area contributed by atoms with Gasteiger partial charge in [0.15, 0.2) is 0 Å². The second-order valence-electron chi connectivity index (χ2n) is 6.55. The lowest BCUT2D eigenvalue weighted by atomic mass is 10.00. The van der Waals surface area contributed by atoms with Crippen molar-refractivity contribution in [2.45, 2.75) is 38.6 Å². The van der Waals surface area contributed by atoms with E-state index in [0.717, 1.165) is 38.9 Å². The minimum absolute atomic E-state index is 0.0678. The molecule has 0 radical (unpaired) electrons. The first-order valence-electron chi connectivity index (χ1n) is 7.81. The van der Waals surface area contributed by atoms with Crippen LogP contribution in [0, 0.1) is 5.92 Å². The Morgan fingerprint density at radius 1 is 1.19 bits per heavy atom. The van der Waals surface area contributed by atoms with Crippen molar-refractivity contribution < 1.29 is 13.2 Å². The Morgan fingerprint density at radius 2 is 1.90 bits per heavy atom. The maximum atomic E-state index is 12.3. The highest BCUT2D eigenvalue weighted by Crippen LogP contribution is 2.16. The van der Waals surface area contributed by atoms with E-state index in [1.807, 2.05) is 4.90 Å². The van der Waals surface area contributed by atoms with Crippen molar-refractivity contribution >= 4 is 15.9 Å². The van der Waals surface area contributed by atoms with Gasteiger partial charge in [0, 0.05) is 25.7 Å². The molecule has 2 aliphatic rings. The molecule has 0 aliphatic carbocycles. The zero-order valence-corrected chi connectivity index (χ0v) is 13.9. The molecule has 0 spiro atoms.